The average molecular weight is 483 g/mol. The molecular formula is C24H28F2N8O. The number of para-hydroxylation sites is 1. The van der Waals surface area contributed by atoms with Gasteiger partial charge in [-0.1, -0.05) is 18.2 Å². The van der Waals surface area contributed by atoms with Crippen LogP contribution in [0.15, 0.2) is 53.8 Å². The van der Waals surface area contributed by atoms with Crippen LogP contribution in [0, 0.1) is 6.92 Å². The zero-order chi connectivity index (χ0) is 25.2. The van der Waals surface area contributed by atoms with Crippen molar-refractivity contribution >= 4 is 23.4 Å². The van der Waals surface area contributed by atoms with Crippen molar-refractivity contribution in [3.8, 4) is 16.9 Å². The van der Waals surface area contributed by atoms with Crippen LogP contribution in [0.3, 0.4) is 0 Å². The molecule has 35 heavy (non-hydrogen) atoms. The van der Waals surface area contributed by atoms with E-state index >= 15 is 0 Å². The molecule has 184 valence electrons. The van der Waals surface area contributed by atoms with Crippen molar-refractivity contribution in [1.82, 2.24) is 19.7 Å². The molecule has 1 fully saturated rings. The molecule has 0 bridgehead atoms. The monoisotopic (exact) mass is 482 g/mol. The maximum Gasteiger partial charge on any atom is 0.317 e. The third-order valence-electron chi connectivity index (χ3n) is 5.74. The van der Waals surface area contributed by atoms with Crippen molar-refractivity contribution in [2.75, 3.05) is 37.0 Å². The number of likely N-dealkylation sites (tertiary alicyclic amines) is 1. The first-order valence-electron chi connectivity index (χ1n) is 11.2. The van der Waals surface area contributed by atoms with Gasteiger partial charge < -0.3 is 5.73 Å². The van der Waals surface area contributed by atoms with Gasteiger partial charge in [0.1, 0.15) is 11.6 Å². The molecule has 9 nitrogen and oxygen atoms in total. The maximum absolute atomic E-state index is 13.4. The molecule has 1 aliphatic heterocycles. The fourth-order valence-corrected chi connectivity index (χ4v) is 4.11. The SMILES string of the molecule is C/C(CN1CCC(F)(F)C1)=N\N(C)c1ccc(-c2nn(-c3ccccc3)c(NC(N)=O)c2C)cn1. The van der Waals surface area contributed by atoms with Crippen molar-refractivity contribution in [3.05, 3.63) is 54.2 Å². The van der Waals surface area contributed by atoms with E-state index in [1.54, 1.807) is 33.9 Å². The van der Waals surface area contributed by atoms with Crippen LogP contribution >= 0.6 is 0 Å². The first-order valence-corrected chi connectivity index (χ1v) is 11.2. The quantitative estimate of drug-likeness (QED) is 0.393. The van der Waals surface area contributed by atoms with Crippen LogP contribution < -0.4 is 16.1 Å². The van der Waals surface area contributed by atoms with Gasteiger partial charge in [0.15, 0.2) is 0 Å². The number of carbonyl (C=O) groups excluding carboxylic acids is 1. The number of hydrogen-bond acceptors (Lipinski definition) is 6. The Balaban J connectivity index is 1.54. The topological polar surface area (TPSA) is 105 Å². The summed E-state index contributed by atoms with van der Waals surface area (Å²) in [6, 6.07) is 12.4. The summed E-state index contributed by atoms with van der Waals surface area (Å²) < 4.78 is 28.5. The van der Waals surface area contributed by atoms with E-state index in [2.05, 4.69) is 15.4 Å². The first-order chi connectivity index (χ1) is 16.6. The van der Waals surface area contributed by atoms with Gasteiger partial charge in [-0.05, 0) is 38.1 Å². The summed E-state index contributed by atoms with van der Waals surface area (Å²) in [5, 5.41) is 13.5. The molecule has 11 heteroatoms. The first kappa shape index (κ1) is 24.3. The molecule has 0 atom stereocenters. The molecule has 2 amide bonds. The largest absolute Gasteiger partial charge is 0.351 e. The minimum Gasteiger partial charge on any atom is -0.351 e. The van der Waals surface area contributed by atoms with Gasteiger partial charge in [-0.15, -0.1) is 0 Å². The second-order valence-corrected chi connectivity index (χ2v) is 8.64. The number of nitrogens with one attached hydrogen (secondary N) is 1. The Labute approximate surface area is 202 Å². The van der Waals surface area contributed by atoms with Gasteiger partial charge >= 0.3 is 6.03 Å². The lowest BCUT2D eigenvalue weighted by Crippen LogP contribution is -2.30. The Morgan fingerprint density at radius 1 is 1.26 bits per heavy atom. The van der Waals surface area contributed by atoms with Crippen molar-refractivity contribution in [1.29, 1.82) is 0 Å². The fraction of sp³-hybridized carbons (Fsp3) is 0.333. The Morgan fingerprint density at radius 3 is 2.60 bits per heavy atom. The average Bonchev–Trinajstić information content (AvgIpc) is 3.32. The summed E-state index contributed by atoms with van der Waals surface area (Å²) in [6.45, 7) is 4.16. The number of hydrogen-bond donors (Lipinski definition) is 2. The van der Waals surface area contributed by atoms with E-state index in [0.717, 1.165) is 22.5 Å². The fourth-order valence-electron chi connectivity index (χ4n) is 4.11. The van der Waals surface area contributed by atoms with Gasteiger partial charge in [0.05, 0.1) is 17.9 Å². The highest BCUT2D eigenvalue weighted by Gasteiger charge is 2.38. The van der Waals surface area contributed by atoms with Gasteiger partial charge in [-0.3, -0.25) is 15.2 Å². The lowest BCUT2D eigenvalue weighted by molar-refractivity contribution is 0.0136. The van der Waals surface area contributed by atoms with E-state index in [1.165, 1.54) is 0 Å². The molecule has 0 unspecified atom stereocenters. The van der Waals surface area contributed by atoms with E-state index in [-0.39, 0.29) is 13.0 Å². The Bertz CT molecular complexity index is 1220. The van der Waals surface area contributed by atoms with E-state index < -0.39 is 12.0 Å². The molecular weight excluding hydrogens is 454 g/mol. The van der Waals surface area contributed by atoms with Gasteiger partial charge in [-0.25, -0.2) is 23.2 Å². The van der Waals surface area contributed by atoms with Crippen LogP contribution in [-0.4, -0.2) is 64.0 Å². The number of urea groups is 1. The van der Waals surface area contributed by atoms with Crippen LogP contribution in [0.4, 0.5) is 25.2 Å². The number of anilines is 2. The summed E-state index contributed by atoms with van der Waals surface area (Å²) in [5.74, 6) is -1.55. The molecule has 1 aliphatic rings. The predicted molar refractivity (Wildman–Crippen MR) is 132 cm³/mol. The molecule has 3 heterocycles. The highest BCUT2D eigenvalue weighted by Crippen LogP contribution is 2.31. The summed E-state index contributed by atoms with van der Waals surface area (Å²) >= 11 is 0. The summed E-state index contributed by atoms with van der Waals surface area (Å²) in [6.07, 6.45) is 1.56. The molecule has 0 aliphatic carbocycles. The standard InChI is InChI=1S/C24H28F2N8O/c1-16(14-33-12-11-24(25,26)15-33)30-32(3)20-10-9-18(13-28-20)21-17(2)22(29-23(27)35)34(31-21)19-7-5-4-6-8-19/h4-10,13H,11-12,14-15H2,1-3H3,(H3,27,29,35)/b30-16+. The van der Waals surface area contributed by atoms with Crippen molar-refractivity contribution in [3.63, 3.8) is 0 Å². The number of nitrogens with two attached hydrogens (primary N) is 1. The van der Waals surface area contributed by atoms with E-state index in [1.807, 2.05) is 50.2 Å². The number of rotatable bonds is 7. The number of carbonyl (C=O) groups is 1. The van der Waals surface area contributed by atoms with Crippen molar-refractivity contribution in [2.45, 2.75) is 26.2 Å². The summed E-state index contributed by atoms with van der Waals surface area (Å²) in [7, 11) is 1.76. The summed E-state index contributed by atoms with van der Waals surface area (Å²) in [5.41, 5.74) is 9.02. The molecule has 0 radical (unpaired) electrons. The molecule has 0 saturated carbocycles. The lowest BCUT2D eigenvalue weighted by atomic mass is 10.1. The number of nitrogens with zero attached hydrogens (tertiary/aromatic N) is 6. The number of hydrazone groups is 1. The molecule has 3 aromatic rings. The number of pyridine rings is 1. The van der Waals surface area contributed by atoms with E-state index in [4.69, 9.17) is 10.8 Å². The number of halogens is 2. The highest BCUT2D eigenvalue weighted by molar-refractivity contribution is 5.89. The van der Waals surface area contributed by atoms with Gasteiger partial charge in [-0.2, -0.15) is 10.2 Å². The van der Waals surface area contributed by atoms with Crippen molar-refractivity contribution in [2.24, 2.45) is 10.8 Å². The third kappa shape index (κ3) is 5.62. The Morgan fingerprint density at radius 2 is 2.00 bits per heavy atom. The summed E-state index contributed by atoms with van der Waals surface area (Å²) in [4.78, 5) is 17.8. The van der Waals surface area contributed by atoms with Crippen LogP contribution in [0.2, 0.25) is 0 Å². The predicted octanol–water partition coefficient (Wildman–Crippen LogP) is 3.89. The van der Waals surface area contributed by atoms with Gasteiger partial charge in [0.2, 0.25) is 0 Å². The third-order valence-corrected chi connectivity index (χ3v) is 5.74. The lowest BCUT2D eigenvalue weighted by Gasteiger charge is -2.18. The maximum atomic E-state index is 13.4. The van der Waals surface area contributed by atoms with Crippen LogP contribution in [-0.2, 0) is 0 Å². The van der Waals surface area contributed by atoms with Crippen LogP contribution in [0.5, 0.6) is 0 Å². The zero-order valence-electron chi connectivity index (χ0n) is 19.9. The normalized spacial score (nSPS) is 15.9. The molecule has 2 aromatic heterocycles. The number of amides is 2. The van der Waals surface area contributed by atoms with E-state index in [9.17, 15) is 13.6 Å². The van der Waals surface area contributed by atoms with Crippen LogP contribution in [0.25, 0.3) is 16.9 Å². The van der Waals surface area contributed by atoms with Crippen LogP contribution in [0.1, 0.15) is 18.9 Å². The number of aromatic nitrogens is 3. The van der Waals surface area contributed by atoms with Gasteiger partial charge in [0, 0.05) is 49.6 Å². The molecule has 1 saturated heterocycles. The number of primary amides is 1. The Hall–Kier alpha value is -3.86. The van der Waals surface area contributed by atoms with E-state index in [0.29, 0.717) is 30.4 Å². The smallest absolute Gasteiger partial charge is 0.317 e. The molecule has 4 rings (SSSR count). The molecule has 3 N–H and O–H groups in total. The molecule has 1 aromatic carbocycles. The minimum atomic E-state index is -2.62. The molecule has 0 spiro atoms. The zero-order valence-corrected chi connectivity index (χ0v) is 19.9. The second kappa shape index (κ2) is 9.79. The highest BCUT2D eigenvalue weighted by atomic mass is 19.3. The second-order valence-electron chi connectivity index (χ2n) is 8.64. The van der Waals surface area contributed by atoms with Crippen molar-refractivity contribution < 1.29 is 13.6 Å². The number of alkyl halides is 2. The number of benzene rings is 1. The minimum absolute atomic E-state index is 0.116. The van der Waals surface area contributed by atoms with Gasteiger partial charge in [0.25, 0.3) is 5.92 Å². The Kier molecular flexibility index (Phi) is 6.79.